The van der Waals surface area contributed by atoms with Crippen LogP contribution in [-0.4, -0.2) is 145 Å². The van der Waals surface area contributed by atoms with E-state index in [1.54, 1.807) is 121 Å². The number of rotatable bonds is 14. The predicted molar refractivity (Wildman–Crippen MR) is 265 cm³/mol. The molecule has 0 aromatic heterocycles. The smallest absolute Gasteiger partial charge is 0.306 e. The lowest BCUT2D eigenvalue weighted by molar-refractivity contribution is -0.147. The average molecular weight is 1000 g/mol. The summed E-state index contributed by atoms with van der Waals surface area (Å²) in [5, 5.41) is 12.9. The fourth-order valence-corrected chi connectivity index (χ4v) is 7.49. The number of benzene rings is 4. The quantitative estimate of drug-likeness (QED) is 0.111. The third-order valence-corrected chi connectivity index (χ3v) is 11.7. The van der Waals surface area contributed by atoms with Crippen molar-refractivity contribution in [2.45, 2.75) is 75.9 Å². The molecule has 1 fully saturated rings. The molecule has 20 nitrogen and oxygen atoms in total. The highest BCUT2D eigenvalue weighted by molar-refractivity contribution is 5.97. The second-order valence-corrected chi connectivity index (χ2v) is 17.5. The van der Waals surface area contributed by atoms with Crippen LogP contribution in [0.25, 0.3) is 0 Å². The second-order valence-electron chi connectivity index (χ2n) is 17.5. The molecule has 0 unspecified atom stereocenters. The van der Waals surface area contributed by atoms with E-state index in [1.807, 2.05) is 0 Å². The van der Waals surface area contributed by atoms with Crippen molar-refractivity contribution in [2.24, 2.45) is 0 Å². The monoisotopic (exact) mass is 1000 g/mol. The molecule has 0 spiro atoms. The highest BCUT2D eigenvalue weighted by atomic mass is 16.5. The summed E-state index contributed by atoms with van der Waals surface area (Å²) in [6.07, 6.45) is -1.49. The van der Waals surface area contributed by atoms with E-state index in [0.29, 0.717) is 22.3 Å². The molecule has 1 aliphatic heterocycles. The number of esters is 2. The minimum Gasteiger partial charge on any atom is -0.461 e. The molecule has 0 saturated carbocycles. The number of amides is 8. The van der Waals surface area contributed by atoms with Crippen LogP contribution >= 0.6 is 0 Å². The van der Waals surface area contributed by atoms with E-state index >= 15 is 0 Å². The molecule has 20 heteroatoms. The van der Waals surface area contributed by atoms with Crippen molar-refractivity contribution in [1.29, 1.82) is 0 Å². The molecule has 0 radical (unpaired) electrons. The van der Waals surface area contributed by atoms with E-state index in [0.717, 1.165) is 14.7 Å². The molecule has 0 bridgehead atoms. The lowest BCUT2D eigenvalue weighted by atomic mass is 10.0. The third-order valence-electron chi connectivity index (χ3n) is 11.7. The first kappa shape index (κ1) is 55.5. The highest BCUT2D eigenvalue weighted by Crippen LogP contribution is 2.12. The first-order valence-electron chi connectivity index (χ1n) is 23.7. The van der Waals surface area contributed by atoms with Crippen molar-refractivity contribution in [2.75, 3.05) is 47.3 Å². The summed E-state index contributed by atoms with van der Waals surface area (Å²) in [7, 11) is 4.00. The van der Waals surface area contributed by atoms with E-state index in [-0.39, 0.29) is 51.7 Å². The number of ether oxygens (including phenoxy) is 2. The number of hydrogen-bond donors (Lipinski definition) is 5. The van der Waals surface area contributed by atoms with Crippen molar-refractivity contribution in [3.8, 4) is 0 Å². The summed E-state index contributed by atoms with van der Waals surface area (Å²) >= 11 is 0. The Balaban J connectivity index is 1.43. The van der Waals surface area contributed by atoms with Crippen LogP contribution in [0, 0.1) is 0 Å². The fraction of sp³-hybridized carbons (Fsp3) is 0.358. The van der Waals surface area contributed by atoms with Crippen LogP contribution in [0.4, 0.5) is 0 Å². The third kappa shape index (κ3) is 19.0. The lowest BCUT2D eigenvalue weighted by Crippen LogP contribution is -2.58. The maximum atomic E-state index is 14.3. The normalized spacial score (nSPS) is 19.4. The van der Waals surface area contributed by atoms with E-state index in [1.165, 1.54) is 21.1 Å². The van der Waals surface area contributed by atoms with Crippen molar-refractivity contribution in [3.63, 3.8) is 0 Å². The van der Waals surface area contributed by atoms with Gasteiger partial charge in [-0.05, 0) is 35.1 Å². The molecular weight excluding hydrogens is 941 g/mol. The standard InChI is InChI=1S/C53H62N8O12/c1-59-31-45(63)55-41(25-27-49(67)73-35-39-22-14-7-15-23-39)51(69)57-40(24-26-48(66)72-34-38-20-12-6-13-21-38)50(68)54-30-44(62)56-42(28-36-16-8-4-9-17-36)52(70)58-43(29-37-18-10-5-11-19-37)53(71)61(3)33-47(65)60(2)32-46(59)64/h4-23,40-43H,24-35H2,1-3H3,(H,54,68)(H,55,63)(H,56,62)(H,57,69)(H,58,70)/t40-,41-,42-,43-/m0/s1. The van der Waals surface area contributed by atoms with Gasteiger partial charge in [0.15, 0.2) is 0 Å². The predicted octanol–water partition coefficient (Wildman–Crippen LogP) is 0.963. The van der Waals surface area contributed by atoms with Gasteiger partial charge in [-0.3, -0.25) is 47.9 Å². The Kier molecular flexibility index (Phi) is 21.6. The Labute approximate surface area is 423 Å². The molecule has 8 amide bonds. The summed E-state index contributed by atoms with van der Waals surface area (Å²) in [6, 6.07) is 29.6. The fourth-order valence-electron chi connectivity index (χ4n) is 7.49. The average Bonchev–Trinajstić information content (AvgIpc) is 3.39. The lowest BCUT2D eigenvalue weighted by Gasteiger charge is -2.28. The number of likely N-dealkylation sites (N-methyl/N-ethyl adjacent to an activating group) is 3. The SMILES string of the molecule is CN1CC(=O)N[C@@H](CCC(=O)OCc2ccccc2)C(=O)N[C@@H](CCC(=O)OCc2ccccc2)C(=O)NCC(=O)N[C@@H](Cc2ccccc2)C(=O)N[C@@H](Cc2ccccc2)C(=O)N(C)CC(=O)N(C)CC1=O. The summed E-state index contributed by atoms with van der Waals surface area (Å²) < 4.78 is 10.8. The molecule has 1 aliphatic rings. The summed E-state index contributed by atoms with van der Waals surface area (Å²) in [4.78, 5) is 140. The van der Waals surface area contributed by atoms with Gasteiger partial charge in [-0.2, -0.15) is 0 Å². The topological polar surface area (TPSA) is 259 Å². The summed E-state index contributed by atoms with van der Waals surface area (Å²) in [5.41, 5.74) is 2.72. The van der Waals surface area contributed by atoms with Crippen LogP contribution in [0.15, 0.2) is 121 Å². The van der Waals surface area contributed by atoms with Crippen molar-refractivity contribution >= 4 is 59.2 Å². The van der Waals surface area contributed by atoms with Crippen molar-refractivity contribution in [3.05, 3.63) is 144 Å². The molecule has 4 aromatic rings. The van der Waals surface area contributed by atoms with Crippen LogP contribution in [-0.2, 0) is 83.5 Å². The van der Waals surface area contributed by atoms with Gasteiger partial charge in [-0.15, -0.1) is 0 Å². The van der Waals surface area contributed by atoms with Gasteiger partial charge in [0.1, 0.15) is 37.4 Å². The molecule has 0 aliphatic carbocycles. The Hall–Kier alpha value is -8.42. The minimum absolute atomic E-state index is 0.000698. The Morgan fingerprint density at radius 1 is 0.452 bits per heavy atom. The largest absolute Gasteiger partial charge is 0.461 e. The molecule has 5 rings (SSSR count). The Morgan fingerprint density at radius 3 is 1.33 bits per heavy atom. The van der Waals surface area contributed by atoms with E-state index in [2.05, 4.69) is 26.6 Å². The van der Waals surface area contributed by atoms with E-state index in [4.69, 9.17) is 9.47 Å². The number of nitrogens with zero attached hydrogens (tertiary/aromatic N) is 3. The molecule has 1 saturated heterocycles. The van der Waals surface area contributed by atoms with Gasteiger partial charge in [-0.25, -0.2) is 0 Å². The van der Waals surface area contributed by atoms with Gasteiger partial charge in [0, 0.05) is 46.8 Å². The zero-order valence-corrected chi connectivity index (χ0v) is 41.1. The highest BCUT2D eigenvalue weighted by Gasteiger charge is 2.33. The Morgan fingerprint density at radius 2 is 0.836 bits per heavy atom. The number of carbonyl (C=O) groups excluding carboxylic acids is 10. The number of carbonyl (C=O) groups is 10. The summed E-state index contributed by atoms with van der Waals surface area (Å²) in [5.74, 6) is -7.73. The van der Waals surface area contributed by atoms with Gasteiger partial charge in [-0.1, -0.05) is 121 Å². The van der Waals surface area contributed by atoms with Crippen LogP contribution in [0.3, 0.4) is 0 Å². The first-order valence-corrected chi connectivity index (χ1v) is 23.7. The van der Waals surface area contributed by atoms with Gasteiger partial charge in [0.25, 0.3) is 0 Å². The molecule has 4 atom stereocenters. The Bertz CT molecular complexity index is 2530. The zero-order valence-electron chi connectivity index (χ0n) is 41.1. The molecule has 4 aromatic carbocycles. The molecular formula is C53H62N8O12. The van der Waals surface area contributed by atoms with Crippen LogP contribution < -0.4 is 26.6 Å². The van der Waals surface area contributed by atoms with Crippen LogP contribution in [0.1, 0.15) is 47.9 Å². The zero-order chi connectivity index (χ0) is 52.7. The van der Waals surface area contributed by atoms with E-state index < -0.39 is 110 Å². The van der Waals surface area contributed by atoms with Crippen LogP contribution in [0.5, 0.6) is 0 Å². The number of nitrogens with one attached hydrogen (secondary N) is 5. The van der Waals surface area contributed by atoms with Crippen LogP contribution in [0.2, 0.25) is 0 Å². The maximum Gasteiger partial charge on any atom is 0.306 e. The molecule has 1 heterocycles. The number of hydrogen-bond acceptors (Lipinski definition) is 12. The molecule has 386 valence electrons. The minimum atomic E-state index is -1.53. The van der Waals surface area contributed by atoms with Gasteiger partial charge in [0.2, 0.25) is 47.3 Å². The van der Waals surface area contributed by atoms with Crippen molar-refractivity contribution < 1.29 is 57.4 Å². The second kappa shape index (κ2) is 28.4. The molecule has 5 N–H and O–H groups in total. The first-order chi connectivity index (χ1) is 35.0. The molecule has 73 heavy (non-hydrogen) atoms. The van der Waals surface area contributed by atoms with Gasteiger partial charge < -0.3 is 50.8 Å². The van der Waals surface area contributed by atoms with Gasteiger partial charge >= 0.3 is 11.9 Å². The summed E-state index contributed by atoms with van der Waals surface area (Å²) in [6.45, 7) is -2.49. The van der Waals surface area contributed by atoms with Crippen molar-refractivity contribution in [1.82, 2.24) is 41.3 Å². The maximum absolute atomic E-state index is 14.3. The van der Waals surface area contributed by atoms with Gasteiger partial charge in [0.05, 0.1) is 26.2 Å². The van der Waals surface area contributed by atoms with E-state index in [9.17, 15) is 47.9 Å².